The first-order valence-electron chi connectivity index (χ1n) is 9.82. The number of carbonyl (C=O) groups is 1. The van der Waals surface area contributed by atoms with Gasteiger partial charge in [0.1, 0.15) is 6.04 Å². The van der Waals surface area contributed by atoms with E-state index in [9.17, 15) is 4.79 Å². The van der Waals surface area contributed by atoms with E-state index in [1.807, 2.05) is 42.5 Å². The molecular weight excluding hydrogens is 419 g/mol. The largest absolute Gasteiger partial charge is 0.328 e. The number of Topliss-reactive ketones (excluding diaryl/α,β-unsaturated/α-hetero) is 1. The second-order valence-electron chi connectivity index (χ2n) is 8.60. The Morgan fingerprint density at radius 2 is 1.83 bits per heavy atom. The molecule has 1 aliphatic carbocycles. The van der Waals surface area contributed by atoms with Crippen molar-refractivity contribution in [1.29, 1.82) is 0 Å². The zero-order valence-electron chi connectivity index (χ0n) is 16.6. The zero-order chi connectivity index (χ0) is 21.0. The number of anilines is 1. The maximum atomic E-state index is 13.2. The van der Waals surface area contributed by atoms with E-state index in [1.165, 1.54) is 0 Å². The number of aromatic nitrogens is 3. The summed E-state index contributed by atoms with van der Waals surface area (Å²) in [6.45, 7) is 4.22. The maximum absolute atomic E-state index is 13.2. The van der Waals surface area contributed by atoms with Crippen molar-refractivity contribution < 1.29 is 4.79 Å². The lowest BCUT2D eigenvalue weighted by Gasteiger charge is -2.38. The molecule has 0 fully saturated rings. The third kappa shape index (κ3) is 3.22. The summed E-state index contributed by atoms with van der Waals surface area (Å²) in [7, 11) is 0. The molecule has 0 saturated heterocycles. The molecular formula is C23H20Cl2N4O. The molecule has 2 aliphatic rings. The van der Waals surface area contributed by atoms with Crippen LogP contribution in [-0.2, 0) is 4.79 Å². The summed E-state index contributed by atoms with van der Waals surface area (Å²) < 4.78 is 1.79. The van der Waals surface area contributed by atoms with Crippen LogP contribution >= 0.6 is 23.2 Å². The van der Waals surface area contributed by atoms with Crippen LogP contribution in [0.25, 0.3) is 11.4 Å². The van der Waals surface area contributed by atoms with Crippen molar-refractivity contribution in [2.24, 2.45) is 5.41 Å². The number of rotatable bonds is 2. The van der Waals surface area contributed by atoms with Gasteiger partial charge >= 0.3 is 0 Å². The number of allylic oxidation sites excluding steroid dienone is 2. The summed E-state index contributed by atoms with van der Waals surface area (Å²) in [5, 5.41) is 9.09. The highest BCUT2D eigenvalue weighted by molar-refractivity contribution is 6.42. The van der Waals surface area contributed by atoms with Crippen LogP contribution < -0.4 is 5.32 Å². The molecule has 30 heavy (non-hydrogen) atoms. The van der Waals surface area contributed by atoms with Gasteiger partial charge in [-0.05, 0) is 29.5 Å². The van der Waals surface area contributed by atoms with Crippen molar-refractivity contribution in [1.82, 2.24) is 14.8 Å². The van der Waals surface area contributed by atoms with Crippen molar-refractivity contribution in [3.63, 3.8) is 0 Å². The van der Waals surface area contributed by atoms with Gasteiger partial charge in [-0.1, -0.05) is 73.4 Å². The summed E-state index contributed by atoms with van der Waals surface area (Å²) >= 11 is 12.5. The molecule has 0 spiro atoms. The lowest BCUT2D eigenvalue weighted by molar-refractivity contribution is -0.118. The molecule has 3 aromatic rings. The van der Waals surface area contributed by atoms with Gasteiger partial charge in [0.05, 0.1) is 10.0 Å². The molecule has 2 aromatic carbocycles. The Kier molecular flexibility index (Phi) is 4.49. The van der Waals surface area contributed by atoms with E-state index in [2.05, 4.69) is 19.2 Å². The van der Waals surface area contributed by atoms with Crippen LogP contribution in [-0.4, -0.2) is 20.5 Å². The lowest BCUT2D eigenvalue weighted by Crippen LogP contribution is -2.36. The highest BCUT2D eigenvalue weighted by atomic mass is 35.5. The number of benzene rings is 2. The van der Waals surface area contributed by atoms with E-state index in [4.69, 9.17) is 33.3 Å². The van der Waals surface area contributed by atoms with Gasteiger partial charge in [0.15, 0.2) is 11.6 Å². The standard InChI is InChI=1S/C23H20Cl2N4O/c1-23(2)11-17-19(18(30)12-23)20(14-8-9-15(24)16(25)10-14)29-22(26-17)27-21(28-29)13-6-4-3-5-7-13/h3-10,20H,11-12H2,1-2H3,(H,26,27,28)/t20-/m1/s1. The van der Waals surface area contributed by atoms with E-state index < -0.39 is 6.04 Å². The van der Waals surface area contributed by atoms with E-state index >= 15 is 0 Å². The predicted octanol–water partition coefficient (Wildman–Crippen LogP) is 5.91. The Morgan fingerprint density at radius 1 is 1.07 bits per heavy atom. The number of fused-ring (bicyclic) bond motifs is 1. The summed E-state index contributed by atoms with van der Waals surface area (Å²) in [6.07, 6.45) is 1.25. The molecule has 0 amide bonds. The molecule has 1 atom stereocenters. The van der Waals surface area contributed by atoms with Crippen LogP contribution in [0.3, 0.4) is 0 Å². The molecule has 152 valence electrons. The Morgan fingerprint density at radius 3 is 2.57 bits per heavy atom. The van der Waals surface area contributed by atoms with Crippen molar-refractivity contribution in [2.45, 2.75) is 32.7 Å². The monoisotopic (exact) mass is 438 g/mol. The minimum atomic E-state index is -0.403. The SMILES string of the molecule is CC1(C)CC(=O)C2=C(C1)Nc1nc(-c3ccccc3)nn1[C@@H]2c1ccc(Cl)c(Cl)c1. The number of hydrogen-bond donors (Lipinski definition) is 1. The molecule has 0 unspecified atom stereocenters. The quantitative estimate of drug-likeness (QED) is 0.539. The van der Waals surface area contributed by atoms with Gasteiger partial charge in [-0.15, -0.1) is 5.10 Å². The number of halogens is 2. The van der Waals surface area contributed by atoms with Gasteiger partial charge in [0.25, 0.3) is 0 Å². The van der Waals surface area contributed by atoms with Crippen molar-refractivity contribution in [2.75, 3.05) is 5.32 Å². The van der Waals surface area contributed by atoms with Crippen LogP contribution in [0.4, 0.5) is 5.95 Å². The molecule has 2 heterocycles. The Bertz CT molecular complexity index is 1200. The first-order chi connectivity index (χ1) is 14.3. The Balaban J connectivity index is 1.70. The minimum absolute atomic E-state index is 0.116. The molecule has 0 radical (unpaired) electrons. The molecule has 1 N–H and O–H groups in total. The van der Waals surface area contributed by atoms with Gasteiger partial charge in [-0.2, -0.15) is 4.98 Å². The molecule has 0 saturated carbocycles. The second kappa shape index (κ2) is 6.96. The minimum Gasteiger partial charge on any atom is -0.328 e. The number of carbonyl (C=O) groups excluding carboxylic acids is 1. The summed E-state index contributed by atoms with van der Waals surface area (Å²) in [5.74, 6) is 1.34. The van der Waals surface area contributed by atoms with Crippen LogP contribution in [0.1, 0.15) is 38.3 Å². The molecule has 1 aromatic heterocycles. The smallest absolute Gasteiger partial charge is 0.226 e. The Labute approximate surface area is 184 Å². The normalized spacial score (nSPS) is 19.9. The van der Waals surface area contributed by atoms with E-state index in [0.717, 1.165) is 28.8 Å². The van der Waals surface area contributed by atoms with Gasteiger partial charge < -0.3 is 5.32 Å². The average molecular weight is 439 g/mol. The topological polar surface area (TPSA) is 59.8 Å². The second-order valence-corrected chi connectivity index (χ2v) is 9.42. The van der Waals surface area contributed by atoms with Crippen molar-refractivity contribution in [3.05, 3.63) is 75.4 Å². The van der Waals surface area contributed by atoms with E-state index in [0.29, 0.717) is 28.2 Å². The number of hydrogen-bond acceptors (Lipinski definition) is 4. The molecule has 5 rings (SSSR count). The number of nitrogens with zero attached hydrogens (tertiary/aromatic N) is 3. The molecule has 5 nitrogen and oxygen atoms in total. The summed E-state index contributed by atoms with van der Waals surface area (Å²) in [4.78, 5) is 18.0. The third-order valence-corrected chi connectivity index (χ3v) is 6.36. The maximum Gasteiger partial charge on any atom is 0.226 e. The van der Waals surface area contributed by atoms with Crippen molar-refractivity contribution in [3.8, 4) is 11.4 Å². The summed E-state index contributed by atoms with van der Waals surface area (Å²) in [5.41, 5.74) is 3.29. The lowest BCUT2D eigenvalue weighted by atomic mass is 9.73. The van der Waals surface area contributed by atoms with Gasteiger partial charge in [-0.3, -0.25) is 4.79 Å². The summed E-state index contributed by atoms with van der Waals surface area (Å²) in [6, 6.07) is 14.9. The molecule has 0 bridgehead atoms. The van der Waals surface area contributed by atoms with Crippen LogP contribution in [0.5, 0.6) is 0 Å². The molecule has 1 aliphatic heterocycles. The first kappa shape index (κ1) is 19.3. The third-order valence-electron chi connectivity index (χ3n) is 5.62. The fourth-order valence-electron chi connectivity index (χ4n) is 4.31. The highest BCUT2D eigenvalue weighted by Crippen LogP contribution is 2.46. The van der Waals surface area contributed by atoms with Gasteiger partial charge in [0, 0.05) is 23.3 Å². The van der Waals surface area contributed by atoms with Gasteiger partial charge in [-0.25, -0.2) is 4.68 Å². The van der Waals surface area contributed by atoms with Crippen LogP contribution in [0.15, 0.2) is 59.8 Å². The predicted molar refractivity (Wildman–Crippen MR) is 119 cm³/mol. The van der Waals surface area contributed by atoms with Gasteiger partial charge in [0.2, 0.25) is 5.95 Å². The number of nitrogens with one attached hydrogen (secondary N) is 1. The zero-order valence-corrected chi connectivity index (χ0v) is 18.1. The number of ketones is 1. The Hall–Kier alpha value is -2.63. The highest BCUT2D eigenvalue weighted by Gasteiger charge is 2.42. The average Bonchev–Trinajstić information content (AvgIpc) is 3.12. The molecule has 7 heteroatoms. The van der Waals surface area contributed by atoms with E-state index in [1.54, 1.807) is 10.7 Å². The fraction of sp³-hybridized carbons (Fsp3) is 0.261. The van der Waals surface area contributed by atoms with Crippen molar-refractivity contribution >= 4 is 34.9 Å². The first-order valence-corrected chi connectivity index (χ1v) is 10.6. The van der Waals surface area contributed by atoms with Crippen LogP contribution in [0, 0.1) is 5.41 Å². The fourth-order valence-corrected chi connectivity index (χ4v) is 4.62. The van der Waals surface area contributed by atoms with Crippen LogP contribution in [0.2, 0.25) is 10.0 Å². The van der Waals surface area contributed by atoms with E-state index in [-0.39, 0.29) is 11.2 Å².